The number of nitro benzene ring substituents is 1. The van der Waals surface area contributed by atoms with Crippen LogP contribution in [0.4, 0.5) is 5.69 Å². The molecule has 1 saturated heterocycles. The van der Waals surface area contributed by atoms with Crippen LogP contribution in [-0.4, -0.2) is 53.4 Å². The Morgan fingerprint density at radius 2 is 1.83 bits per heavy atom. The highest BCUT2D eigenvalue weighted by Gasteiger charge is 2.23. The number of non-ortho nitro benzene ring substituents is 1. The largest absolute Gasteiger partial charge is 0.459 e. The van der Waals surface area contributed by atoms with E-state index >= 15 is 0 Å². The van der Waals surface area contributed by atoms with Crippen LogP contribution in [0.1, 0.15) is 16.1 Å². The first kappa shape index (κ1) is 16.2. The molecule has 0 spiro atoms. The number of carbonyl (C=O) groups excluding carboxylic acids is 1. The Balaban J connectivity index is 1.45. The van der Waals surface area contributed by atoms with Gasteiger partial charge in [-0.3, -0.25) is 19.8 Å². The molecule has 2 aromatic rings. The second kappa shape index (κ2) is 7.27. The van der Waals surface area contributed by atoms with Crippen LogP contribution in [0, 0.1) is 10.1 Å². The van der Waals surface area contributed by atoms with Crippen LogP contribution in [0.3, 0.4) is 0 Å². The van der Waals surface area contributed by atoms with E-state index in [4.69, 9.17) is 4.42 Å². The third-order valence-corrected chi connectivity index (χ3v) is 4.26. The minimum atomic E-state index is -0.390. The van der Waals surface area contributed by atoms with E-state index < -0.39 is 0 Å². The van der Waals surface area contributed by atoms with E-state index in [2.05, 4.69) is 4.90 Å². The van der Waals surface area contributed by atoms with Crippen molar-refractivity contribution in [2.75, 3.05) is 32.7 Å². The molecule has 1 aliphatic heterocycles. The van der Waals surface area contributed by atoms with Gasteiger partial charge in [-0.25, -0.2) is 0 Å². The van der Waals surface area contributed by atoms with Gasteiger partial charge in [-0.2, -0.15) is 0 Å². The van der Waals surface area contributed by atoms with Crippen molar-refractivity contribution in [2.45, 2.75) is 6.42 Å². The van der Waals surface area contributed by atoms with Gasteiger partial charge in [0.1, 0.15) is 0 Å². The molecule has 1 amide bonds. The number of furan rings is 1. The molecule has 24 heavy (non-hydrogen) atoms. The van der Waals surface area contributed by atoms with Gasteiger partial charge in [-0.15, -0.1) is 0 Å². The second-order valence-corrected chi connectivity index (χ2v) is 5.78. The van der Waals surface area contributed by atoms with E-state index in [-0.39, 0.29) is 16.5 Å². The van der Waals surface area contributed by atoms with Crippen molar-refractivity contribution in [2.24, 2.45) is 0 Å². The molecular formula is C17H19N3O4. The zero-order valence-corrected chi connectivity index (χ0v) is 13.3. The molecule has 3 rings (SSSR count). The summed E-state index contributed by atoms with van der Waals surface area (Å²) in [5.74, 6) is 0.323. The number of nitrogens with zero attached hydrogens (tertiary/aromatic N) is 3. The molecule has 1 aromatic carbocycles. The van der Waals surface area contributed by atoms with Crippen LogP contribution in [0.15, 0.2) is 47.1 Å². The maximum Gasteiger partial charge on any atom is 0.289 e. The minimum Gasteiger partial charge on any atom is -0.459 e. The normalized spacial score (nSPS) is 15.4. The standard InChI is InChI=1S/C17H19N3O4/c21-17(16-2-1-13-24-16)19-11-9-18(10-12-19)8-7-14-3-5-15(6-4-14)20(22)23/h1-6,13H,7-12H2. The third-order valence-electron chi connectivity index (χ3n) is 4.26. The lowest BCUT2D eigenvalue weighted by atomic mass is 10.1. The smallest absolute Gasteiger partial charge is 0.289 e. The van der Waals surface area contributed by atoms with E-state index in [0.717, 1.165) is 31.6 Å². The summed E-state index contributed by atoms with van der Waals surface area (Å²) in [7, 11) is 0. The molecule has 0 N–H and O–H groups in total. The third kappa shape index (κ3) is 3.80. The van der Waals surface area contributed by atoms with Crippen molar-refractivity contribution in [1.29, 1.82) is 0 Å². The lowest BCUT2D eigenvalue weighted by Crippen LogP contribution is -2.49. The minimum absolute atomic E-state index is 0.0602. The highest BCUT2D eigenvalue weighted by atomic mass is 16.6. The zero-order valence-electron chi connectivity index (χ0n) is 13.3. The second-order valence-electron chi connectivity index (χ2n) is 5.78. The number of rotatable bonds is 5. The number of hydrogen-bond acceptors (Lipinski definition) is 5. The fourth-order valence-corrected chi connectivity index (χ4v) is 2.80. The van der Waals surface area contributed by atoms with Crippen LogP contribution >= 0.6 is 0 Å². The lowest BCUT2D eigenvalue weighted by Gasteiger charge is -2.34. The van der Waals surface area contributed by atoms with E-state index in [1.165, 1.54) is 18.4 Å². The maximum absolute atomic E-state index is 12.2. The monoisotopic (exact) mass is 329 g/mol. The summed E-state index contributed by atoms with van der Waals surface area (Å²) in [5.41, 5.74) is 1.19. The molecule has 0 saturated carbocycles. The number of amides is 1. The summed E-state index contributed by atoms with van der Waals surface area (Å²) in [6.07, 6.45) is 2.35. The topological polar surface area (TPSA) is 79.8 Å². The highest BCUT2D eigenvalue weighted by molar-refractivity contribution is 5.91. The van der Waals surface area contributed by atoms with Gasteiger partial charge < -0.3 is 9.32 Å². The van der Waals surface area contributed by atoms with Crippen LogP contribution in [-0.2, 0) is 6.42 Å². The van der Waals surface area contributed by atoms with Crippen LogP contribution in [0.5, 0.6) is 0 Å². The number of hydrogen-bond donors (Lipinski definition) is 0. The Kier molecular flexibility index (Phi) is 4.90. The van der Waals surface area contributed by atoms with Crippen molar-refractivity contribution in [3.8, 4) is 0 Å². The first-order valence-electron chi connectivity index (χ1n) is 7.92. The molecule has 2 heterocycles. The lowest BCUT2D eigenvalue weighted by molar-refractivity contribution is -0.384. The summed E-state index contributed by atoms with van der Waals surface area (Å²) in [6, 6.07) is 10.1. The molecule has 7 heteroatoms. The molecule has 1 fully saturated rings. The number of piperazine rings is 1. The molecule has 0 unspecified atom stereocenters. The molecule has 7 nitrogen and oxygen atoms in total. The van der Waals surface area contributed by atoms with Gasteiger partial charge in [0, 0.05) is 44.9 Å². The zero-order chi connectivity index (χ0) is 16.9. The molecule has 1 aromatic heterocycles. The van der Waals surface area contributed by atoms with Gasteiger partial charge in [0.25, 0.3) is 11.6 Å². The Morgan fingerprint density at radius 3 is 2.42 bits per heavy atom. The molecular weight excluding hydrogens is 310 g/mol. The van der Waals surface area contributed by atoms with Gasteiger partial charge in [0.2, 0.25) is 0 Å². The Bertz CT molecular complexity index is 689. The van der Waals surface area contributed by atoms with E-state index in [1.54, 1.807) is 29.2 Å². The molecule has 0 atom stereocenters. The summed E-state index contributed by atoms with van der Waals surface area (Å²) in [5, 5.41) is 10.6. The van der Waals surface area contributed by atoms with Gasteiger partial charge >= 0.3 is 0 Å². The quantitative estimate of drug-likeness (QED) is 0.620. The van der Waals surface area contributed by atoms with Crippen molar-refractivity contribution in [3.63, 3.8) is 0 Å². The van der Waals surface area contributed by atoms with Crippen molar-refractivity contribution in [3.05, 3.63) is 64.1 Å². The van der Waals surface area contributed by atoms with E-state index in [0.29, 0.717) is 18.8 Å². The summed E-state index contributed by atoms with van der Waals surface area (Å²) >= 11 is 0. The van der Waals surface area contributed by atoms with Crippen molar-refractivity contribution in [1.82, 2.24) is 9.80 Å². The molecule has 0 radical (unpaired) electrons. The van der Waals surface area contributed by atoms with Gasteiger partial charge in [0.05, 0.1) is 11.2 Å². The van der Waals surface area contributed by atoms with Crippen LogP contribution in [0.2, 0.25) is 0 Å². The Labute approximate surface area is 139 Å². The van der Waals surface area contributed by atoms with Crippen LogP contribution < -0.4 is 0 Å². The molecule has 1 aliphatic rings. The summed E-state index contributed by atoms with van der Waals surface area (Å²) < 4.78 is 5.15. The fraction of sp³-hybridized carbons (Fsp3) is 0.353. The maximum atomic E-state index is 12.2. The highest BCUT2D eigenvalue weighted by Crippen LogP contribution is 2.14. The first-order chi connectivity index (χ1) is 11.6. The number of benzene rings is 1. The van der Waals surface area contributed by atoms with Gasteiger partial charge in [-0.1, -0.05) is 12.1 Å². The van der Waals surface area contributed by atoms with Gasteiger partial charge in [0.15, 0.2) is 5.76 Å². The SMILES string of the molecule is O=C(c1ccco1)N1CCN(CCc2ccc([N+](=O)[O-])cc2)CC1. The fourth-order valence-electron chi connectivity index (χ4n) is 2.80. The average molecular weight is 329 g/mol. The Morgan fingerprint density at radius 1 is 1.12 bits per heavy atom. The predicted molar refractivity (Wildman–Crippen MR) is 87.9 cm³/mol. The number of carbonyl (C=O) groups is 1. The molecule has 0 bridgehead atoms. The predicted octanol–water partition coefficient (Wildman–Crippen LogP) is 2.19. The van der Waals surface area contributed by atoms with Crippen LogP contribution in [0.25, 0.3) is 0 Å². The van der Waals surface area contributed by atoms with E-state index in [9.17, 15) is 14.9 Å². The number of nitro groups is 1. The van der Waals surface area contributed by atoms with Gasteiger partial charge in [-0.05, 0) is 24.1 Å². The Hall–Kier alpha value is -2.67. The molecule has 0 aliphatic carbocycles. The van der Waals surface area contributed by atoms with E-state index in [1.807, 2.05) is 0 Å². The summed E-state index contributed by atoms with van der Waals surface area (Å²) in [4.78, 5) is 26.6. The molecule has 126 valence electrons. The van der Waals surface area contributed by atoms with Crippen molar-refractivity contribution < 1.29 is 14.1 Å². The van der Waals surface area contributed by atoms with Crippen molar-refractivity contribution >= 4 is 11.6 Å². The average Bonchev–Trinajstić information content (AvgIpc) is 3.15. The first-order valence-corrected chi connectivity index (χ1v) is 7.92. The summed E-state index contributed by atoms with van der Waals surface area (Å²) in [6.45, 7) is 3.87.